The van der Waals surface area contributed by atoms with Gasteiger partial charge in [0.1, 0.15) is 0 Å². The van der Waals surface area contributed by atoms with E-state index in [0.29, 0.717) is 11.0 Å². The molecule has 5 heteroatoms. The summed E-state index contributed by atoms with van der Waals surface area (Å²) in [6.45, 7) is 6.56. The highest BCUT2D eigenvalue weighted by atomic mass is 79.9. The molecule has 0 aliphatic carbocycles. The molecule has 1 aromatic carbocycles. The molecule has 0 radical (unpaired) electrons. The maximum absolute atomic E-state index is 12.8. The molecule has 1 aromatic rings. The summed E-state index contributed by atoms with van der Waals surface area (Å²) in [6.07, 6.45) is -3.44. The van der Waals surface area contributed by atoms with Crippen molar-refractivity contribution >= 4 is 21.6 Å². The fourth-order valence-electron chi connectivity index (χ4n) is 1.37. The second kappa shape index (κ2) is 5.51. The zero-order chi connectivity index (χ0) is 14.0. The molecule has 0 spiro atoms. The molecule has 1 nitrogen and oxygen atoms in total. The monoisotopic (exact) mass is 323 g/mol. The number of hydrogen-bond acceptors (Lipinski definition) is 1. The van der Waals surface area contributed by atoms with Crippen LogP contribution in [0, 0.1) is 5.41 Å². The van der Waals surface area contributed by atoms with E-state index in [1.807, 2.05) is 20.8 Å². The van der Waals surface area contributed by atoms with E-state index < -0.39 is 11.7 Å². The summed E-state index contributed by atoms with van der Waals surface area (Å²) in [6, 6.07) is 3.96. The molecule has 102 valence electrons. The van der Waals surface area contributed by atoms with E-state index in [2.05, 4.69) is 21.2 Å². The number of anilines is 1. The zero-order valence-corrected chi connectivity index (χ0v) is 12.2. The average molecular weight is 324 g/mol. The van der Waals surface area contributed by atoms with Gasteiger partial charge in [-0.15, -0.1) is 0 Å². The van der Waals surface area contributed by atoms with E-state index in [0.717, 1.165) is 12.5 Å². The molecule has 18 heavy (non-hydrogen) atoms. The molecule has 0 aliphatic rings. The Bertz CT molecular complexity index is 413. The van der Waals surface area contributed by atoms with Crippen molar-refractivity contribution < 1.29 is 13.2 Å². The molecule has 0 aromatic heterocycles. The van der Waals surface area contributed by atoms with Crippen LogP contribution in [0.15, 0.2) is 22.7 Å². The van der Waals surface area contributed by atoms with Crippen molar-refractivity contribution in [3.63, 3.8) is 0 Å². The van der Waals surface area contributed by atoms with Crippen LogP contribution in [0.4, 0.5) is 18.9 Å². The third-order valence-electron chi connectivity index (χ3n) is 3.00. The largest absolute Gasteiger partial charge is 0.418 e. The lowest BCUT2D eigenvalue weighted by atomic mass is 9.90. The van der Waals surface area contributed by atoms with Crippen LogP contribution in [-0.2, 0) is 6.18 Å². The van der Waals surface area contributed by atoms with Crippen LogP contribution >= 0.6 is 15.9 Å². The third kappa shape index (κ3) is 4.19. The van der Waals surface area contributed by atoms with Crippen LogP contribution in [0.5, 0.6) is 0 Å². The first-order valence-corrected chi connectivity index (χ1v) is 6.55. The predicted octanol–water partition coefficient (Wildman–Crippen LogP) is 5.32. The summed E-state index contributed by atoms with van der Waals surface area (Å²) < 4.78 is 39.1. The molecule has 0 saturated carbocycles. The molecular weight excluding hydrogens is 307 g/mol. The van der Waals surface area contributed by atoms with Gasteiger partial charge in [-0.05, 0) is 30.0 Å². The predicted molar refractivity (Wildman–Crippen MR) is 71.7 cm³/mol. The van der Waals surface area contributed by atoms with Crippen LogP contribution in [0.3, 0.4) is 0 Å². The molecule has 0 fully saturated rings. The zero-order valence-electron chi connectivity index (χ0n) is 10.7. The van der Waals surface area contributed by atoms with E-state index in [4.69, 9.17) is 0 Å². The summed E-state index contributed by atoms with van der Waals surface area (Å²) in [7, 11) is 0. The van der Waals surface area contributed by atoms with Crippen molar-refractivity contribution in [1.29, 1.82) is 0 Å². The molecule has 0 aliphatic heterocycles. The minimum Gasteiger partial charge on any atom is -0.384 e. The average Bonchev–Trinajstić information content (AvgIpc) is 2.25. The molecule has 0 unspecified atom stereocenters. The Labute approximate surface area is 114 Å². The van der Waals surface area contributed by atoms with Crippen molar-refractivity contribution in [3.05, 3.63) is 28.2 Å². The lowest BCUT2D eigenvalue weighted by molar-refractivity contribution is -0.137. The van der Waals surface area contributed by atoms with E-state index in [-0.39, 0.29) is 11.1 Å². The maximum atomic E-state index is 12.8. The van der Waals surface area contributed by atoms with E-state index >= 15 is 0 Å². The highest BCUT2D eigenvalue weighted by molar-refractivity contribution is 9.10. The summed E-state index contributed by atoms with van der Waals surface area (Å²) >= 11 is 3.19. The fourth-order valence-corrected chi connectivity index (χ4v) is 1.73. The van der Waals surface area contributed by atoms with Crippen LogP contribution in [0.25, 0.3) is 0 Å². The molecule has 0 atom stereocenters. The Morgan fingerprint density at radius 2 is 1.83 bits per heavy atom. The molecule has 1 N–H and O–H groups in total. The quantitative estimate of drug-likeness (QED) is 0.791. The Balaban J connectivity index is 2.97. The van der Waals surface area contributed by atoms with Gasteiger partial charge < -0.3 is 5.32 Å². The number of nitrogens with one attached hydrogen (secondary N) is 1. The van der Waals surface area contributed by atoms with Crippen molar-refractivity contribution in [1.82, 2.24) is 0 Å². The van der Waals surface area contributed by atoms with E-state index in [1.54, 1.807) is 0 Å². The topological polar surface area (TPSA) is 12.0 Å². The highest BCUT2D eigenvalue weighted by Crippen LogP contribution is 2.36. The van der Waals surface area contributed by atoms with Crippen molar-refractivity contribution in [2.45, 2.75) is 33.4 Å². The summed E-state index contributed by atoms with van der Waals surface area (Å²) in [4.78, 5) is 0. The van der Waals surface area contributed by atoms with Gasteiger partial charge in [0.2, 0.25) is 0 Å². The fraction of sp³-hybridized carbons (Fsp3) is 0.538. The van der Waals surface area contributed by atoms with Crippen molar-refractivity contribution in [3.8, 4) is 0 Å². The highest BCUT2D eigenvalue weighted by Gasteiger charge is 2.33. The number of benzene rings is 1. The maximum Gasteiger partial charge on any atom is 0.418 e. The number of rotatable bonds is 4. The Kier molecular flexibility index (Phi) is 4.70. The molecule has 0 amide bonds. The van der Waals surface area contributed by atoms with Crippen LogP contribution in [-0.4, -0.2) is 6.54 Å². The minimum absolute atomic E-state index is 0.0365. The summed E-state index contributed by atoms with van der Waals surface area (Å²) in [5, 5.41) is 2.90. The standard InChI is InChI=1S/C13H17BrF3N/c1-4-12(2,3)8-18-11-7-9(14)5-6-10(11)13(15,16)17/h5-7,18H,4,8H2,1-3H3. The Morgan fingerprint density at radius 3 is 2.33 bits per heavy atom. The lowest BCUT2D eigenvalue weighted by Crippen LogP contribution is -2.23. The molecular formula is C13H17BrF3N. The van der Waals surface area contributed by atoms with E-state index in [9.17, 15) is 13.2 Å². The molecule has 0 bridgehead atoms. The number of hydrogen-bond donors (Lipinski definition) is 1. The van der Waals surface area contributed by atoms with Gasteiger partial charge in [-0.2, -0.15) is 13.2 Å². The van der Waals surface area contributed by atoms with Gasteiger partial charge in [0.15, 0.2) is 0 Å². The van der Waals surface area contributed by atoms with Crippen molar-refractivity contribution in [2.24, 2.45) is 5.41 Å². The van der Waals surface area contributed by atoms with Gasteiger partial charge in [0.25, 0.3) is 0 Å². The normalized spacial score (nSPS) is 12.6. The van der Waals surface area contributed by atoms with Gasteiger partial charge in [-0.1, -0.05) is 36.7 Å². The van der Waals surface area contributed by atoms with Crippen LogP contribution in [0.1, 0.15) is 32.8 Å². The summed E-state index contributed by atoms with van der Waals surface area (Å²) in [5.41, 5.74) is -0.540. The smallest absolute Gasteiger partial charge is 0.384 e. The molecule has 0 saturated heterocycles. The molecule has 0 heterocycles. The second-order valence-corrected chi connectivity index (χ2v) is 5.97. The van der Waals surface area contributed by atoms with Gasteiger partial charge >= 0.3 is 6.18 Å². The Hall–Kier alpha value is -0.710. The minimum atomic E-state index is -4.33. The van der Waals surface area contributed by atoms with Crippen molar-refractivity contribution in [2.75, 3.05) is 11.9 Å². The van der Waals surface area contributed by atoms with Gasteiger partial charge in [0, 0.05) is 16.7 Å². The second-order valence-electron chi connectivity index (χ2n) is 5.06. The van der Waals surface area contributed by atoms with Crippen LogP contribution < -0.4 is 5.32 Å². The lowest BCUT2D eigenvalue weighted by Gasteiger charge is -2.25. The number of halogens is 4. The first kappa shape index (κ1) is 15.3. The van der Waals surface area contributed by atoms with E-state index in [1.165, 1.54) is 12.1 Å². The first-order valence-electron chi connectivity index (χ1n) is 5.76. The van der Waals surface area contributed by atoms with Gasteiger partial charge in [0.05, 0.1) is 5.56 Å². The number of alkyl halides is 3. The molecule has 1 rings (SSSR count). The summed E-state index contributed by atoms with van der Waals surface area (Å²) in [5.74, 6) is 0. The third-order valence-corrected chi connectivity index (χ3v) is 3.49. The SMILES string of the molecule is CCC(C)(C)CNc1cc(Br)ccc1C(F)(F)F. The first-order chi connectivity index (χ1) is 8.15. The van der Waals surface area contributed by atoms with Crippen LogP contribution in [0.2, 0.25) is 0 Å². The van der Waals surface area contributed by atoms with Gasteiger partial charge in [-0.3, -0.25) is 0 Å². The van der Waals surface area contributed by atoms with Gasteiger partial charge in [-0.25, -0.2) is 0 Å². The Morgan fingerprint density at radius 1 is 1.22 bits per heavy atom.